The molecule has 6 heteroatoms. The fourth-order valence-corrected chi connectivity index (χ4v) is 8.15. The highest BCUT2D eigenvalue weighted by Crippen LogP contribution is 2.17. The Kier molecular flexibility index (Phi) is 49.3. The summed E-state index contributed by atoms with van der Waals surface area (Å²) in [5.74, 6) is -0.877. The third-order valence-electron chi connectivity index (χ3n) is 12.3. The molecular weight excluding hydrogens is 757 g/mol. The Balaban J connectivity index is 3.93. The van der Waals surface area contributed by atoms with E-state index in [0.717, 1.165) is 70.6 Å². The zero-order chi connectivity index (χ0) is 44.4. The number of allylic oxidation sites excluding steroid dienone is 2. The van der Waals surface area contributed by atoms with Crippen molar-refractivity contribution in [1.29, 1.82) is 0 Å². The Morgan fingerprint density at radius 1 is 0.311 bits per heavy atom. The average Bonchev–Trinajstić information content (AvgIpc) is 3.26. The van der Waals surface area contributed by atoms with Crippen LogP contribution in [0.3, 0.4) is 0 Å². The van der Waals surface area contributed by atoms with Crippen molar-refractivity contribution in [2.75, 3.05) is 13.2 Å². The van der Waals surface area contributed by atoms with Crippen molar-refractivity contribution >= 4 is 17.9 Å². The number of hydrogen-bond donors (Lipinski definition) is 0. The summed E-state index contributed by atoms with van der Waals surface area (Å²) in [5, 5.41) is 0. The minimum absolute atomic E-state index is 0.0695. The quantitative estimate of drug-likeness (QED) is 0.0262. The Hall–Kier alpha value is -1.85. The van der Waals surface area contributed by atoms with E-state index in [9.17, 15) is 14.4 Å². The van der Waals surface area contributed by atoms with E-state index < -0.39 is 6.10 Å². The normalized spacial score (nSPS) is 12.0. The van der Waals surface area contributed by atoms with Crippen molar-refractivity contribution in [2.24, 2.45) is 0 Å². The maximum absolute atomic E-state index is 12.7. The maximum atomic E-state index is 12.7. The standard InChI is InChI=1S/C55H104O6/c1-4-7-10-13-16-18-20-21-22-23-24-25-26-27-28-29-30-31-32-33-34-35-36-38-39-42-45-48-54(57)60-51-52(50-59-53(56)47-44-41-15-12-9-6-3)61-55(58)49-46-43-40-37-19-17-14-11-8-5-2/h11,14,52H,4-10,12-13,15-51H2,1-3H3/b14-11-. The van der Waals surface area contributed by atoms with E-state index in [-0.39, 0.29) is 31.1 Å². The van der Waals surface area contributed by atoms with Crippen LogP contribution < -0.4 is 0 Å². The number of carbonyl (C=O) groups is 3. The molecule has 0 heterocycles. The maximum Gasteiger partial charge on any atom is 0.306 e. The first-order valence-corrected chi connectivity index (χ1v) is 27.2. The summed E-state index contributed by atoms with van der Waals surface area (Å²) >= 11 is 0. The van der Waals surface area contributed by atoms with Crippen molar-refractivity contribution in [3.63, 3.8) is 0 Å². The Bertz CT molecular complexity index is 947. The molecule has 0 radical (unpaired) electrons. The number of unbranched alkanes of at least 4 members (excludes halogenated alkanes) is 37. The highest BCUT2D eigenvalue weighted by atomic mass is 16.6. The van der Waals surface area contributed by atoms with Gasteiger partial charge >= 0.3 is 17.9 Å². The predicted molar refractivity (Wildman–Crippen MR) is 261 cm³/mol. The van der Waals surface area contributed by atoms with E-state index in [1.807, 2.05) is 0 Å². The summed E-state index contributed by atoms with van der Waals surface area (Å²) < 4.78 is 16.7. The second-order valence-corrected chi connectivity index (χ2v) is 18.5. The Morgan fingerprint density at radius 2 is 0.574 bits per heavy atom. The minimum Gasteiger partial charge on any atom is -0.462 e. The smallest absolute Gasteiger partial charge is 0.306 e. The van der Waals surface area contributed by atoms with Crippen LogP contribution in [0, 0.1) is 0 Å². The largest absolute Gasteiger partial charge is 0.462 e. The molecule has 6 nitrogen and oxygen atoms in total. The first-order chi connectivity index (χ1) is 30.0. The number of carbonyl (C=O) groups excluding carboxylic acids is 3. The molecule has 0 aromatic rings. The van der Waals surface area contributed by atoms with Gasteiger partial charge in [0.1, 0.15) is 13.2 Å². The first kappa shape index (κ1) is 59.1. The van der Waals surface area contributed by atoms with Crippen molar-refractivity contribution in [1.82, 2.24) is 0 Å². The van der Waals surface area contributed by atoms with Crippen LogP contribution in [0.25, 0.3) is 0 Å². The lowest BCUT2D eigenvalue weighted by Crippen LogP contribution is -2.30. The minimum atomic E-state index is -0.765. The van der Waals surface area contributed by atoms with Gasteiger partial charge in [-0.25, -0.2) is 0 Å². The third-order valence-corrected chi connectivity index (χ3v) is 12.3. The van der Waals surface area contributed by atoms with Gasteiger partial charge in [0.2, 0.25) is 0 Å². The molecule has 0 bridgehead atoms. The molecule has 0 aliphatic rings. The summed E-state index contributed by atoms with van der Waals surface area (Å²) in [6, 6.07) is 0. The molecule has 61 heavy (non-hydrogen) atoms. The molecular formula is C55H104O6. The molecule has 0 amide bonds. The predicted octanol–water partition coefficient (Wildman–Crippen LogP) is 17.8. The van der Waals surface area contributed by atoms with E-state index in [4.69, 9.17) is 14.2 Å². The van der Waals surface area contributed by atoms with Crippen LogP contribution in [0.2, 0.25) is 0 Å². The van der Waals surface area contributed by atoms with E-state index in [0.29, 0.717) is 19.3 Å². The summed E-state index contributed by atoms with van der Waals surface area (Å²) in [6.07, 6.45) is 56.9. The second kappa shape index (κ2) is 50.8. The van der Waals surface area contributed by atoms with E-state index in [2.05, 4.69) is 32.9 Å². The van der Waals surface area contributed by atoms with Crippen LogP contribution in [-0.4, -0.2) is 37.2 Å². The molecule has 0 aliphatic heterocycles. The lowest BCUT2D eigenvalue weighted by atomic mass is 10.0. The number of hydrogen-bond acceptors (Lipinski definition) is 6. The molecule has 0 fully saturated rings. The molecule has 0 aromatic carbocycles. The Labute approximate surface area is 380 Å². The van der Waals surface area contributed by atoms with Gasteiger partial charge in [-0.15, -0.1) is 0 Å². The topological polar surface area (TPSA) is 78.9 Å². The van der Waals surface area contributed by atoms with Gasteiger partial charge in [0, 0.05) is 19.3 Å². The molecule has 0 rings (SSSR count). The van der Waals surface area contributed by atoms with Crippen LogP contribution in [0.4, 0.5) is 0 Å². The SMILES string of the molecule is CCC/C=C\CCCCCCCC(=O)OC(COC(=O)CCCCCCCC)COC(=O)CCCCCCCCCCCCCCCCCCCCCCCCCCCCC. The monoisotopic (exact) mass is 861 g/mol. The summed E-state index contributed by atoms with van der Waals surface area (Å²) in [7, 11) is 0. The Morgan fingerprint density at radius 3 is 0.885 bits per heavy atom. The van der Waals surface area contributed by atoms with Gasteiger partial charge in [-0.05, 0) is 38.5 Å². The average molecular weight is 861 g/mol. The van der Waals surface area contributed by atoms with Gasteiger partial charge in [-0.2, -0.15) is 0 Å². The van der Waals surface area contributed by atoms with Crippen LogP contribution in [0.1, 0.15) is 303 Å². The van der Waals surface area contributed by atoms with Crippen LogP contribution in [-0.2, 0) is 28.6 Å². The fraction of sp³-hybridized carbons (Fsp3) is 0.909. The number of rotatable bonds is 50. The van der Waals surface area contributed by atoms with E-state index in [1.165, 1.54) is 193 Å². The van der Waals surface area contributed by atoms with Crippen LogP contribution >= 0.6 is 0 Å². The van der Waals surface area contributed by atoms with Gasteiger partial charge in [0.05, 0.1) is 0 Å². The summed E-state index contributed by atoms with van der Waals surface area (Å²) in [4.78, 5) is 37.6. The van der Waals surface area contributed by atoms with Crippen molar-refractivity contribution in [3.05, 3.63) is 12.2 Å². The fourth-order valence-electron chi connectivity index (χ4n) is 8.15. The zero-order valence-electron chi connectivity index (χ0n) is 41.2. The molecule has 0 saturated heterocycles. The van der Waals surface area contributed by atoms with E-state index in [1.54, 1.807) is 0 Å². The molecule has 360 valence electrons. The molecule has 0 saturated carbocycles. The van der Waals surface area contributed by atoms with Crippen molar-refractivity contribution < 1.29 is 28.6 Å². The van der Waals surface area contributed by atoms with Gasteiger partial charge in [-0.3, -0.25) is 14.4 Å². The second-order valence-electron chi connectivity index (χ2n) is 18.5. The van der Waals surface area contributed by atoms with Gasteiger partial charge in [-0.1, -0.05) is 258 Å². The van der Waals surface area contributed by atoms with E-state index >= 15 is 0 Å². The van der Waals surface area contributed by atoms with Crippen molar-refractivity contribution in [3.8, 4) is 0 Å². The van der Waals surface area contributed by atoms with Crippen LogP contribution in [0.5, 0.6) is 0 Å². The molecule has 0 N–H and O–H groups in total. The first-order valence-electron chi connectivity index (χ1n) is 27.2. The number of ether oxygens (including phenoxy) is 3. The lowest BCUT2D eigenvalue weighted by Gasteiger charge is -2.18. The molecule has 0 aromatic heterocycles. The van der Waals surface area contributed by atoms with Gasteiger partial charge in [0.25, 0.3) is 0 Å². The van der Waals surface area contributed by atoms with Gasteiger partial charge < -0.3 is 14.2 Å². The highest BCUT2D eigenvalue weighted by molar-refractivity contribution is 5.71. The molecule has 0 aliphatic carbocycles. The third kappa shape index (κ3) is 49.0. The lowest BCUT2D eigenvalue weighted by molar-refractivity contribution is -0.167. The van der Waals surface area contributed by atoms with Gasteiger partial charge in [0.15, 0.2) is 6.10 Å². The van der Waals surface area contributed by atoms with Crippen LogP contribution in [0.15, 0.2) is 12.2 Å². The van der Waals surface area contributed by atoms with Crippen molar-refractivity contribution in [2.45, 2.75) is 309 Å². The number of esters is 3. The summed E-state index contributed by atoms with van der Waals surface area (Å²) in [6.45, 7) is 6.54. The molecule has 1 atom stereocenters. The molecule has 0 spiro atoms. The summed E-state index contributed by atoms with van der Waals surface area (Å²) in [5.41, 5.74) is 0. The highest BCUT2D eigenvalue weighted by Gasteiger charge is 2.19. The zero-order valence-corrected chi connectivity index (χ0v) is 41.2. The molecule has 1 unspecified atom stereocenters.